The lowest BCUT2D eigenvalue weighted by atomic mass is 9.91. The van der Waals surface area contributed by atoms with Gasteiger partial charge in [0.1, 0.15) is 5.57 Å². The molecule has 2 N–H and O–H groups in total. The van der Waals surface area contributed by atoms with Gasteiger partial charge in [0.25, 0.3) is 11.8 Å². The number of rotatable bonds is 5. The van der Waals surface area contributed by atoms with E-state index in [4.69, 9.17) is 0 Å². The summed E-state index contributed by atoms with van der Waals surface area (Å²) in [5.41, 5.74) is 2.37. The van der Waals surface area contributed by atoms with Gasteiger partial charge in [-0.1, -0.05) is 54.6 Å². The normalized spacial score (nSPS) is 17.6. The molecule has 1 atom stereocenters. The van der Waals surface area contributed by atoms with Crippen LogP contribution in [0, 0.1) is 13.8 Å². The molecule has 0 saturated heterocycles. The number of anilines is 3. The highest BCUT2D eigenvalue weighted by atomic mass is 16.2. The van der Waals surface area contributed by atoms with Crippen molar-refractivity contribution in [3.63, 3.8) is 0 Å². The molecular formula is C28H27N3O3. The Hall–Kier alpha value is -4.19. The number of nitrogens with one attached hydrogen (secondary N) is 2. The van der Waals surface area contributed by atoms with E-state index in [9.17, 15) is 14.4 Å². The van der Waals surface area contributed by atoms with Crippen LogP contribution in [0.4, 0.5) is 17.1 Å². The fourth-order valence-corrected chi connectivity index (χ4v) is 4.31. The first-order valence-corrected chi connectivity index (χ1v) is 11.1. The zero-order valence-corrected chi connectivity index (χ0v) is 19.7. The first-order chi connectivity index (χ1) is 16.2. The summed E-state index contributed by atoms with van der Waals surface area (Å²) < 4.78 is 0. The van der Waals surface area contributed by atoms with Crippen LogP contribution in [0.2, 0.25) is 0 Å². The average molecular weight is 454 g/mol. The van der Waals surface area contributed by atoms with E-state index >= 15 is 0 Å². The molecule has 6 nitrogen and oxygen atoms in total. The molecule has 3 aromatic carbocycles. The molecule has 0 saturated carbocycles. The molecule has 0 aromatic heterocycles. The number of Topliss-reactive ketones (excluding diaryl/α,β-unsaturated/α-hetero) is 1. The summed E-state index contributed by atoms with van der Waals surface area (Å²) in [7, 11) is 0. The van der Waals surface area contributed by atoms with Gasteiger partial charge in [-0.05, 0) is 63.1 Å². The first-order valence-electron chi connectivity index (χ1n) is 11.1. The Morgan fingerprint density at radius 3 is 1.79 bits per heavy atom. The molecule has 2 amide bonds. The molecule has 6 heteroatoms. The summed E-state index contributed by atoms with van der Waals surface area (Å²) in [6.07, 6.45) is 0. The van der Waals surface area contributed by atoms with E-state index in [1.807, 2.05) is 80.6 Å². The van der Waals surface area contributed by atoms with E-state index in [0.29, 0.717) is 22.8 Å². The summed E-state index contributed by atoms with van der Waals surface area (Å²) in [6, 6.07) is 23.9. The maximum absolute atomic E-state index is 13.8. The van der Waals surface area contributed by atoms with Crippen molar-refractivity contribution in [3.8, 4) is 0 Å². The van der Waals surface area contributed by atoms with Crippen molar-refractivity contribution in [3.05, 3.63) is 101 Å². The third-order valence-electron chi connectivity index (χ3n) is 6.28. The van der Waals surface area contributed by atoms with Crippen molar-refractivity contribution in [2.75, 3.05) is 15.5 Å². The highest BCUT2D eigenvalue weighted by Gasteiger charge is 2.55. The SMILES string of the molecule is CC1=C(C(=O)Nc2ccccc2C)C(=O)C(C)(C(=O)Nc2ccccc2C)N1c1ccccc1. The minimum atomic E-state index is -1.65. The molecule has 1 unspecified atom stereocenters. The van der Waals surface area contributed by atoms with Gasteiger partial charge in [0.05, 0.1) is 0 Å². The smallest absolute Gasteiger partial charge is 0.261 e. The van der Waals surface area contributed by atoms with Crippen molar-refractivity contribution in [1.82, 2.24) is 0 Å². The second-order valence-electron chi connectivity index (χ2n) is 8.57. The molecule has 1 aliphatic rings. The van der Waals surface area contributed by atoms with Crippen molar-refractivity contribution < 1.29 is 14.4 Å². The van der Waals surface area contributed by atoms with Crippen LogP contribution >= 0.6 is 0 Å². The van der Waals surface area contributed by atoms with Gasteiger partial charge in [-0.3, -0.25) is 14.4 Å². The lowest BCUT2D eigenvalue weighted by molar-refractivity contribution is -0.129. The number of benzene rings is 3. The quantitative estimate of drug-likeness (QED) is 0.421. The van der Waals surface area contributed by atoms with E-state index in [0.717, 1.165) is 11.1 Å². The van der Waals surface area contributed by atoms with E-state index in [-0.39, 0.29) is 5.57 Å². The summed E-state index contributed by atoms with van der Waals surface area (Å²) >= 11 is 0. The van der Waals surface area contributed by atoms with Gasteiger partial charge < -0.3 is 15.5 Å². The summed E-state index contributed by atoms with van der Waals surface area (Å²) in [5.74, 6) is -1.59. The predicted octanol–water partition coefficient (Wildman–Crippen LogP) is 5.00. The number of para-hydroxylation sites is 3. The fourth-order valence-electron chi connectivity index (χ4n) is 4.31. The molecule has 0 aliphatic carbocycles. The number of nitrogens with zero attached hydrogens (tertiary/aromatic N) is 1. The fraction of sp³-hybridized carbons (Fsp3) is 0.179. The topological polar surface area (TPSA) is 78.5 Å². The Morgan fingerprint density at radius 1 is 0.735 bits per heavy atom. The maximum atomic E-state index is 13.8. The van der Waals surface area contributed by atoms with Crippen LogP contribution in [-0.2, 0) is 14.4 Å². The van der Waals surface area contributed by atoms with Crippen LogP contribution in [0.3, 0.4) is 0 Å². The van der Waals surface area contributed by atoms with Crippen molar-refractivity contribution >= 4 is 34.7 Å². The minimum absolute atomic E-state index is 0.0328. The molecule has 0 bridgehead atoms. The van der Waals surface area contributed by atoms with Crippen LogP contribution in [0.1, 0.15) is 25.0 Å². The minimum Gasteiger partial charge on any atom is -0.323 e. The molecule has 4 rings (SSSR count). The molecule has 1 heterocycles. The number of aryl methyl sites for hydroxylation is 2. The average Bonchev–Trinajstić information content (AvgIpc) is 3.03. The number of hydrogen-bond acceptors (Lipinski definition) is 4. The molecule has 3 aromatic rings. The Kier molecular flexibility index (Phi) is 6.07. The van der Waals surface area contributed by atoms with E-state index < -0.39 is 23.1 Å². The van der Waals surface area contributed by atoms with Crippen LogP contribution in [-0.4, -0.2) is 23.1 Å². The van der Waals surface area contributed by atoms with E-state index in [2.05, 4.69) is 10.6 Å². The number of allylic oxidation sites excluding steroid dienone is 1. The van der Waals surface area contributed by atoms with Gasteiger partial charge in [0.2, 0.25) is 5.78 Å². The zero-order chi connectivity index (χ0) is 24.5. The van der Waals surface area contributed by atoms with Gasteiger partial charge >= 0.3 is 0 Å². The lowest BCUT2D eigenvalue weighted by Gasteiger charge is -2.35. The zero-order valence-electron chi connectivity index (χ0n) is 19.7. The monoisotopic (exact) mass is 453 g/mol. The largest absolute Gasteiger partial charge is 0.323 e. The molecule has 0 radical (unpaired) electrons. The summed E-state index contributed by atoms with van der Waals surface area (Å²) in [5, 5.41) is 5.75. The van der Waals surface area contributed by atoms with Gasteiger partial charge in [0.15, 0.2) is 5.54 Å². The van der Waals surface area contributed by atoms with Gasteiger partial charge in [0, 0.05) is 22.8 Å². The summed E-state index contributed by atoms with van der Waals surface area (Å²) in [6.45, 7) is 7.02. The Labute approximate surface area is 199 Å². The van der Waals surface area contributed by atoms with Crippen LogP contribution in [0.15, 0.2) is 90.1 Å². The number of ketones is 1. The molecule has 34 heavy (non-hydrogen) atoms. The van der Waals surface area contributed by atoms with E-state index in [1.165, 1.54) is 0 Å². The van der Waals surface area contributed by atoms with Crippen molar-refractivity contribution in [1.29, 1.82) is 0 Å². The first kappa shape index (κ1) is 23.0. The third kappa shape index (κ3) is 3.88. The second-order valence-corrected chi connectivity index (χ2v) is 8.57. The molecule has 1 aliphatic heterocycles. The number of carbonyl (C=O) groups is 3. The predicted molar refractivity (Wildman–Crippen MR) is 135 cm³/mol. The number of carbonyl (C=O) groups excluding carboxylic acids is 3. The third-order valence-corrected chi connectivity index (χ3v) is 6.28. The van der Waals surface area contributed by atoms with Crippen molar-refractivity contribution in [2.24, 2.45) is 0 Å². The Balaban J connectivity index is 1.77. The Bertz CT molecular complexity index is 1310. The molecular weight excluding hydrogens is 426 g/mol. The van der Waals surface area contributed by atoms with Crippen LogP contribution < -0.4 is 15.5 Å². The van der Waals surface area contributed by atoms with Gasteiger partial charge in [-0.2, -0.15) is 0 Å². The lowest BCUT2D eigenvalue weighted by Crippen LogP contribution is -2.56. The van der Waals surface area contributed by atoms with Gasteiger partial charge in [-0.25, -0.2) is 0 Å². The maximum Gasteiger partial charge on any atom is 0.261 e. The van der Waals surface area contributed by atoms with Crippen LogP contribution in [0.5, 0.6) is 0 Å². The van der Waals surface area contributed by atoms with Crippen molar-refractivity contribution in [2.45, 2.75) is 33.2 Å². The van der Waals surface area contributed by atoms with Gasteiger partial charge in [-0.15, -0.1) is 0 Å². The van der Waals surface area contributed by atoms with E-state index in [1.54, 1.807) is 30.9 Å². The second kappa shape index (κ2) is 8.98. The highest BCUT2D eigenvalue weighted by molar-refractivity contribution is 6.36. The Morgan fingerprint density at radius 2 is 1.24 bits per heavy atom. The standard InChI is InChI=1S/C28H27N3O3/c1-18-12-8-10-16-22(18)29-26(33)24-20(3)31(21-14-6-5-7-15-21)28(4,25(24)32)27(34)30-23-17-11-9-13-19(23)2/h5-17H,1-4H3,(H,29,33)(H,30,34). The van der Waals surface area contributed by atoms with Crippen LogP contribution in [0.25, 0.3) is 0 Å². The molecule has 172 valence electrons. The molecule has 0 spiro atoms. The highest BCUT2D eigenvalue weighted by Crippen LogP contribution is 2.40. The number of amides is 2. The molecule has 0 fully saturated rings. The summed E-state index contributed by atoms with van der Waals surface area (Å²) in [4.78, 5) is 42.5. The number of hydrogen-bond donors (Lipinski definition) is 2.